The summed E-state index contributed by atoms with van der Waals surface area (Å²) in [5, 5.41) is 12.9. The lowest BCUT2D eigenvalue weighted by Crippen LogP contribution is -2.34. The fourth-order valence-electron chi connectivity index (χ4n) is 2.38. The average molecular weight is 265 g/mol. The maximum absolute atomic E-state index is 9.25. The van der Waals surface area contributed by atoms with Gasteiger partial charge >= 0.3 is 0 Å². The third kappa shape index (κ3) is 4.54. The Morgan fingerprint density at radius 2 is 1.94 bits per heavy atom. The van der Waals surface area contributed by atoms with Crippen LogP contribution in [0.25, 0.3) is 0 Å². The van der Waals surface area contributed by atoms with Gasteiger partial charge in [-0.1, -0.05) is 12.1 Å². The van der Waals surface area contributed by atoms with Crippen molar-refractivity contribution in [1.29, 1.82) is 0 Å². The van der Waals surface area contributed by atoms with Crippen LogP contribution in [0.5, 0.6) is 5.75 Å². The van der Waals surface area contributed by atoms with E-state index in [1.165, 1.54) is 29.9 Å². The van der Waals surface area contributed by atoms with Gasteiger partial charge < -0.3 is 10.4 Å². The number of phenols is 1. The van der Waals surface area contributed by atoms with E-state index in [2.05, 4.69) is 24.0 Å². The van der Waals surface area contributed by atoms with Crippen molar-refractivity contribution in [1.82, 2.24) is 5.32 Å². The molecule has 1 saturated heterocycles. The van der Waals surface area contributed by atoms with Gasteiger partial charge in [-0.3, -0.25) is 0 Å². The molecule has 1 unspecified atom stereocenters. The molecular formula is C15H23NOS. The SMILES string of the molecule is CC(Cc1ccc(O)cc1)NCC1CCSCC1. The molecule has 18 heavy (non-hydrogen) atoms. The lowest BCUT2D eigenvalue weighted by molar-refractivity contribution is 0.415. The van der Waals surface area contributed by atoms with Crippen LogP contribution in [0.15, 0.2) is 24.3 Å². The lowest BCUT2D eigenvalue weighted by atomic mass is 10.0. The summed E-state index contributed by atoms with van der Waals surface area (Å²) >= 11 is 2.09. The molecule has 0 aliphatic carbocycles. The summed E-state index contributed by atoms with van der Waals surface area (Å²) in [4.78, 5) is 0. The maximum atomic E-state index is 9.25. The average Bonchev–Trinajstić information content (AvgIpc) is 2.40. The third-order valence-corrected chi connectivity index (χ3v) is 4.62. The Hall–Kier alpha value is -0.670. The van der Waals surface area contributed by atoms with Gasteiger partial charge in [-0.2, -0.15) is 11.8 Å². The number of hydrogen-bond donors (Lipinski definition) is 2. The summed E-state index contributed by atoms with van der Waals surface area (Å²) < 4.78 is 0. The highest BCUT2D eigenvalue weighted by molar-refractivity contribution is 7.99. The smallest absolute Gasteiger partial charge is 0.115 e. The van der Waals surface area contributed by atoms with Gasteiger partial charge in [0.15, 0.2) is 0 Å². The summed E-state index contributed by atoms with van der Waals surface area (Å²) in [6, 6.07) is 8.04. The van der Waals surface area contributed by atoms with Gasteiger partial charge in [0.25, 0.3) is 0 Å². The molecule has 2 nitrogen and oxygen atoms in total. The van der Waals surface area contributed by atoms with E-state index in [1.54, 1.807) is 12.1 Å². The first-order chi connectivity index (χ1) is 8.74. The minimum absolute atomic E-state index is 0.346. The molecule has 2 N–H and O–H groups in total. The topological polar surface area (TPSA) is 32.3 Å². The van der Waals surface area contributed by atoms with Gasteiger partial charge in [0.2, 0.25) is 0 Å². The molecule has 1 atom stereocenters. The van der Waals surface area contributed by atoms with Gasteiger partial charge in [0.05, 0.1) is 0 Å². The molecular weight excluding hydrogens is 242 g/mol. The van der Waals surface area contributed by atoms with Gasteiger partial charge in [-0.15, -0.1) is 0 Å². The zero-order chi connectivity index (χ0) is 12.8. The standard InChI is InChI=1S/C15H23NOS/c1-12(10-13-2-4-15(17)5-3-13)16-11-14-6-8-18-9-7-14/h2-5,12,14,16-17H,6-11H2,1H3. The first kappa shape index (κ1) is 13.8. The van der Waals surface area contributed by atoms with Crippen molar-refractivity contribution in [2.75, 3.05) is 18.1 Å². The Labute approximate surface area is 114 Å². The van der Waals surface area contributed by atoms with Gasteiger partial charge in [0, 0.05) is 6.04 Å². The van der Waals surface area contributed by atoms with E-state index in [0.717, 1.165) is 18.9 Å². The Bertz CT molecular complexity index is 346. The van der Waals surface area contributed by atoms with Crippen LogP contribution >= 0.6 is 11.8 Å². The quantitative estimate of drug-likeness (QED) is 0.858. The van der Waals surface area contributed by atoms with Crippen molar-refractivity contribution in [3.05, 3.63) is 29.8 Å². The van der Waals surface area contributed by atoms with E-state index in [1.807, 2.05) is 12.1 Å². The number of phenolic OH excluding ortho intramolecular Hbond substituents is 1. The van der Waals surface area contributed by atoms with Crippen molar-refractivity contribution in [2.24, 2.45) is 5.92 Å². The molecule has 2 rings (SSSR count). The van der Waals surface area contributed by atoms with Crippen molar-refractivity contribution >= 4 is 11.8 Å². The van der Waals surface area contributed by atoms with Crippen LogP contribution in [0.4, 0.5) is 0 Å². The molecule has 1 fully saturated rings. The second-order valence-corrected chi connectivity index (χ2v) is 6.46. The zero-order valence-electron chi connectivity index (χ0n) is 11.1. The summed E-state index contributed by atoms with van der Waals surface area (Å²) in [5.41, 5.74) is 1.28. The first-order valence-corrected chi connectivity index (χ1v) is 7.98. The molecule has 1 aromatic rings. The van der Waals surface area contributed by atoms with E-state index >= 15 is 0 Å². The highest BCUT2D eigenvalue weighted by Crippen LogP contribution is 2.22. The summed E-state index contributed by atoms with van der Waals surface area (Å²) in [6.07, 6.45) is 3.76. The molecule has 1 aromatic carbocycles. The van der Waals surface area contributed by atoms with Crippen LogP contribution in [0.2, 0.25) is 0 Å². The molecule has 0 bridgehead atoms. The molecule has 1 aliphatic heterocycles. The number of benzene rings is 1. The number of nitrogens with one attached hydrogen (secondary N) is 1. The molecule has 0 amide bonds. The Kier molecular flexibility index (Phi) is 5.39. The highest BCUT2D eigenvalue weighted by Gasteiger charge is 2.14. The van der Waals surface area contributed by atoms with Crippen LogP contribution in [-0.2, 0) is 6.42 Å². The molecule has 0 aromatic heterocycles. The molecule has 3 heteroatoms. The van der Waals surface area contributed by atoms with E-state index in [0.29, 0.717) is 11.8 Å². The largest absolute Gasteiger partial charge is 0.508 e. The molecule has 0 radical (unpaired) electrons. The molecule has 100 valence electrons. The third-order valence-electron chi connectivity index (χ3n) is 3.57. The van der Waals surface area contributed by atoms with Gasteiger partial charge in [-0.05, 0) is 67.9 Å². The van der Waals surface area contributed by atoms with Crippen LogP contribution in [0.3, 0.4) is 0 Å². The Morgan fingerprint density at radius 3 is 2.61 bits per heavy atom. The van der Waals surface area contributed by atoms with Gasteiger partial charge in [0.1, 0.15) is 5.75 Å². The number of thioether (sulfide) groups is 1. The fourth-order valence-corrected chi connectivity index (χ4v) is 3.58. The normalized spacial score (nSPS) is 18.7. The second-order valence-electron chi connectivity index (χ2n) is 5.24. The number of rotatable bonds is 5. The molecule has 1 aliphatic rings. The van der Waals surface area contributed by atoms with Crippen molar-refractivity contribution in [3.63, 3.8) is 0 Å². The predicted octanol–water partition coefficient (Wildman–Crippen LogP) is 3.06. The highest BCUT2D eigenvalue weighted by atomic mass is 32.2. The van der Waals surface area contributed by atoms with Crippen molar-refractivity contribution in [3.8, 4) is 5.75 Å². The molecule has 1 heterocycles. The Morgan fingerprint density at radius 1 is 1.28 bits per heavy atom. The molecule has 0 spiro atoms. The van der Waals surface area contributed by atoms with Crippen LogP contribution in [0, 0.1) is 5.92 Å². The van der Waals surface area contributed by atoms with E-state index in [4.69, 9.17) is 0 Å². The minimum Gasteiger partial charge on any atom is -0.508 e. The second kappa shape index (κ2) is 7.05. The fraction of sp³-hybridized carbons (Fsp3) is 0.600. The number of aromatic hydroxyl groups is 1. The van der Waals surface area contributed by atoms with E-state index in [9.17, 15) is 5.11 Å². The Balaban J connectivity index is 1.71. The summed E-state index contributed by atoms with van der Waals surface area (Å²) in [5.74, 6) is 3.88. The summed E-state index contributed by atoms with van der Waals surface area (Å²) in [7, 11) is 0. The minimum atomic E-state index is 0.346. The predicted molar refractivity (Wildman–Crippen MR) is 79.3 cm³/mol. The first-order valence-electron chi connectivity index (χ1n) is 6.83. The summed E-state index contributed by atoms with van der Waals surface area (Å²) in [6.45, 7) is 3.39. The van der Waals surface area contributed by atoms with Crippen molar-refractivity contribution < 1.29 is 5.11 Å². The number of hydrogen-bond acceptors (Lipinski definition) is 3. The lowest BCUT2D eigenvalue weighted by Gasteiger charge is -2.24. The van der Waals surface area contributed by atoms with E-state index < -0.39 is 0 Å². The zero-order valence-corrected chi connectivity index (χ0v) is 11.9. The van der Waals surface area contributed by atoms with Crippen LogP contribution in [0.1, 0.15) is 25.3 Å². The monoisotopic (exact) mass is 265 g/mol. The van der Waals surface area contributed by atoms with Crippen LogP contribution < -0.4 is 5.32 Å². The van der Waals surface area contributed by atoms with Crippen LogP contribution in [-0.4, -0.2) is 29.2 Å². The van der Waals surface area contributed by atoms with Crippen molar-refractivity contribution in [2.45, 2.75) is 32.2 Å². The van der Waals surface area contributed by atoms with Gasteiger partial charge in [-0.25, -0.2) is 0 Å². The van der Waals surface area contributed by atoms with E-state index in [-0.39, 0.29) is 0 Å². The maximum Gasteiger partial charge on any atom is 0.115 e. The molecule has 0 saturated carbocycles.